The van der Waals surface area contributed by atoms with E-state index in [-0.39, 0.29) is 0 Å². The van der Waals surface area contributed by atoms with E-state index < -0.39 is 0 Å². The molecule has 1 aliphatic heterocycles. The average Bonchev–Trinajstić information content (AvgIpc) is 2.82. The summed E-state index contributed by atoms with van der Waals surface area (Å²) >= 11 is 0. The fourth-order valence-electron chi connectivity index (χ4n) is 2.11. The Kier molecular flexibility index (Phi) is 2.61. The molecule has 2 fully saturated rings. The molecule has 0 amide bonds. The molecule has 1 N–H and O–H groups in total. The van der Waals surface area contributed by atoms with E-state index in [1.54, 1.807) is 0 Å². The smallest absolute Gasteiger partial charge is 0.0195 e. The van der Waals surface area contributed by atoms with E-state index in [4.69, 9.17) is 0 Å². The molecule has 0 aromatic heterocycles. The van der Waals surface area contributed by atoms with E-state index in [0.717, 1.165) is 6.04 Å². The number of piperidine rings is 1. The number of nitrogens with zero attached hydrogens (tertiary/aromatic N) is 1. The Morgan fingerprint density at radius 2 is 2.23 bits per heavy atom. The van der Waals surface area contributed by atoms with Gasteiger partial charge in [0.1, 0.15) is 0 Å². The molecule has 0 bridgehead atoms. The van der Waals surface area contributed by atoms with Gasteiger partial charge in [-0.15, -0.1) is 0 Å². The van der Waals surface area contributed by atoms with Crippen molar-refractivity contribution in [3.05, 3.63) is 0 Å². The second kappa shape index (κ2) is 3.58. The summed E-state index contributed by atoms with van der Waals surface area (Å²) in [5.74, 6) is 0. The molecule has 2 heteroatoms. The van der Waals surface area contributed by atoms with Gasteiger partial charge in [-0.25, -0.2) is 0 Å². The highest BCUT2D eigenvalue weighted by Crippen LogP contribution is 2.44. The average molecular weight is 182 g/mol. The van der Waals surface area contributed by atoms with Crippen LogP contribution in [0.3, 0.4) is 0 Å². The Hall–Kier alpha value is -0.0800. The number of nitrogens with one attached hydrogen (secondary N) is 1. The van der Waals surface area contributed by atoms with Crippen molar-refractivity contribution in [3.8, 4) is 0 Å². The van der Waals surface area contributed by atoms with Crippen LogP contribution in [0, 0.1) is 5.41 Å². The maximum absolute atomic E-state index is 3.71. The van der Waals surface area contributed by atoms with E-state index >= 15 is 0 Å². The molecule has 0 radical (unpaired) electrons. The normalized spacial score (nSPS) is 33.2. The molecule has 2 nitrogen and oxygen atoms in total. The van der Waals surface area contributed by atoms with Crippen LogP contribution in [0.5, 0.6) is 0 Å². The van der Waals surface area contributed by atoms with Crippen LogP contribution < -0.4 is 5.32 Å². The van der Waals surface area contributed by atoms with E-state index in [1.807, 2.05) is 0 Å². The number of rotatable bonds is 3. The zero-order valence-electron chi connectivity index (χ0n) is 8.97. The number of hydrogen-bond acceptors (Lipinski definition) is 2. The zero-order chi connectivity index (χ0) is 9.31. The van der Waals surface area contributed by atoms with Crippen LogP contribution in [0.4, 0.5) is 0 Å². The third kappa shape index (κ3) is 2.68. The van der Waals surface area contributed by atoms with Gasteiger partial charge in [0.15, 0.2) is 0 Å². The lowest BCUT2D eigenvalue weighted by atomic mass is 10.0. The van der Waals surface area contributed by atoms with Gasteiger partial charge in [0.25, 0.3) is 0 Å². The highest BCUT2D eigenvalue weighted by Gasteiger charge is 2.37. The SMILES string of the molecule is CN1CCCC(NCC2(C)CC2)C1. The third-order valence-corrected chi connectivity index (χ3v) is 3.55. The van der Waals surface area contributed by atoms with Crippen molar-refractivity contribution < 1.29 is 0 Å². The molecule has 13 heavy (non-hydrogen) atoms. The van der Waals surface area contributed by atoms with Crippen molar-refractivity contribution in [1.29, 1.82) is 0 Å². The van der Waals surface area contributed by atoms with Crippen molar-refractivity contribution >= 4 is 0 Å². The van der Waals surface area contributed by atoms with Gasteiger partial charge >= 0.3 is 0 Å². The second-order valence-corrected chi connectivity index (χ2v) is 5.29. The fourth-order valence-corrected chi connectivity index (χ4v) is 2.11. The topological polar surface area (TPSA) is 15.3 Å². The minimum Gasteiger partial charge on any atom is -0.312 e. The lowest BCUT2D eigenvalue weighted by Gasteiger charge is -2.31. The molecular formula is C11H22N2. The summed E-state index contributed by atoms with van der Waals surface area (Å²) in [6, 6.07) is 0.760. The molecule has 0 spiro atoms. The van der Waals surface area contributed by atoms with Crippen LogP contribution in [0.1, 0.15) is 32.6 Å². The van der Waals surface area contributed by atoms with Crippen molar-refractivity contribution in [3.63, 3.8) is 0 Å². The van der Waals surface area contributed by atoms with Gasteiger partial charge < -0.3 is 10.2 Å². The molecular weight excluding hydrogens is 160 g/mol. The van der Waals surface area contributed by atoms with Gasteiger partial charge in [0.2, 0.25) is 0 Å². The number of hydrogen-bond donors (Lipinski definition) is 1. The van der Waals surface area contributed by atoms with Crippen LogP contribution in [-0.4, -0.2) is 37.6 Å². The van der Waals surface area contributed by atoms with Crippen LogP contribution in [0.25, 0.3) is 0 Å². The molecule has 0 aromatic carbocycles. The molecule has 2 aliphatic rings. The molecule has 1 heterocycles. The Bertz CT molecular complexity index is 175. The summed E-state index contributed by atoms with van der Waals surface area (Å²) in [4.78, 5) is 2.44. The van der Waals surface area contributed by atoms with Gasteiger partial charge in [-0.2, -0.15) is 0 Å². The maximum atomic E-state index is 3.71. The summed E-state index contributed by atoms with van der Waals surface area (Å²) < 4.78 is 0. The number of likely N-dealkylation sites (N-methyl/N-ethyl adjacent to an activating group) is 1. The summed E-state index contributed by atoms with van der Waals surface area (Å²) in [6.07, 6.45) is 5.61. The minimum absolute atomic E-state index is 0.663. The molecule has 1 saturated carbocycles. The highest BCUT2D eigenvalue weighted by molar-refractivity contribution is 4.91. The zero-order valence-corrected chi connectivity index (χ0v) is 8.97. The number of likely N-dealkylation sites (tertiary alicyclic amines) is 1. The molecule has 1 atom stereocenters. The summed E-state index contributed by atoms with van der Waals surface area (Å²) in [6.45, 7) is 6.17. The Balaban J connectivity index is 1.68. The van der Waals surface area contributed by atoms with Crippen LogP contribution in [0.2, 0.25) is 0 Å². The third-order valence-electron chi connectivity index (χ3n) is 3.55. The quantitative estimate of drug-likeness (QED) is 0.711. The predicted octanol–water partition coefficient (Wildman–Crippen LogP) is 1.47. The first-order valence-electron chi connectivity index (χ1n) is 5.60. The first kappa shape index (κ1) is 9.47. The molecule has 1 aliphatic carbocycles. The van der Waals surface area contributed by atoms with Crippen molar-refractivity contribution in [2.75, 3.05) is 26.7 Å². The van der Waals surface area contributed by atoms with Gasteiger partial charge in [0, 0.05) is 19.1 Å². The van der Waals surface area contributed by atoms with Gasteiger partial charge in [-0.05, 0) is 44.7 Å². The van der Waals surface area contributed by atoms with Gasteiger partial charge in [0.05, 0.1) is 0 Å². The van der Waals surface area contributed by atoms with Crippen LogP contribution in [0.15, 0.2) is 0 Å². The second-order valence-electron chi connectivity index (χ2n) is 5.29. The summed E-state index contributed by atoms with van der Waals surface area (Å²) in [5.41, 5.74) is 0.663. The van der Waals surface area contributed by atoms with Gasteiger partial charge in [-0.1, -0.05) is 6.92 Å². The van der Waals surface area contributed by atoms with E-state index in [0.29, 0.717) is 5.41 Å². The predicted molar refractivity (Wildman–Crippen MR) is 55.9 cm³/mol. The molecule has 1 saturated heterocycles. The molecule has 1 unspecified atom stereocenters. The fraction of sp³-hybridized carbons (Fsp3) is 1.00. The summed E-state index contributed by atoms with van der Waals surface area (Å²) in [7, 11) is 2.23. The molecule has 0 aromatic rings. The lowest BCUT2D eigenvalue weighted by Crippen LogP contribution is -2.45. The first-order chi connectivity index (χ1) is 6.18. The Morgan fingerprint density at radius 1 is 1.46 bits per heavy atom. The van der Waals surface area contributed by atoms with Crippen molar-refractivity contribution in [2.45, 2.75) is 38.6 Å². The Morgan fingerprint density at radius 3 is 2.85 bits per heavy atom. The Labute approximate surface area is 81.7 Å². The highest BCUT2D eigenvalue weighted by atomic mass is 15.1. The first-order valence-corrected chi connectivity index (χ1v) is 5.60. The van der Waals surface area contributed by atoms with Crippen LogP contribution >= 0.6 is 0 Å². The summed E-state index contributed by atoms with van der Waals surface area (Å²) in [5, 5.41) is 3.71. The van der Waals surface area contributed by atoms with Crippen molar-refractivity contribution in [2.24, 2.45) is 5.41 Å². The van der Waals surface area contributed by atoms with Gasteiger partial charge in [-0.3, -0.25) is 0 Å². The largest absolute Gasteiger partial charge is 0.312 e. The molecule has 76 valence electrons. The van der Waals surface area contributed by atoms with Crippen molar-refractivity contribution in [1.82, 2.24) is 10.2 Å². The minimum atomic E-state index is 0.663. The van der Waals surface area contributed by atoms with E-state index in [1.165, 1.54) is 45.3 Å². The van der Waals surface area contributed by atoms with E-state index in [9.17, 15) is 0 Å². The molecule has 2 rings (SSSR count). The maximum Gasteiger partial charge on any atom is 0.0195 e. The monoisotopic (exact) mass is 182 g/mol. The van der Waals surface area contributed by atoms with Crippen LogP contribution in [-0.2, 0) is 0 Å². The standard InChI is InChI=1S/C11H22N2/c1-11(5-6-11)9-12-10-4-3-7-13(2)8-10/h10,12H,3-9H2,1-2H3. The van der Waals surface area contributed by atoms with E-state index in [2.05, 4.69) is 24.2 Å². The lowest BCUT2D eigenvalue weighted by molar-refractivity contribution is 0.221.